The van der Waals surface area contributed by atoms with E-state index in [4.69, 9.17) is 21.4 Å². The molecule has 3 aromatic rings. The number of carbonyl (C=O) groups is 1. The maximum Gasteiger partial charge on any atom is 0.266 e. The lowest BCUT2D eigenvalue weighted by Crippen LogP contribution is -2.27. The van der Waals surface area contributed by atoms with E-state index in [2.05, 4.69) is 0 Å². The summed E-state index contributed by atoms with van der Waals surface area (Å²) in [6.45, 7) is 0.798. The van der Waals surface area contributed by atoms with Crippen molar-refractivity contribution in [3.05, 3.63) is 94.8 Å². The molecule has 1 aliphatic heterocycles. The fourth-order valence-corrected chi connectivity index (χ4v) is 4.05. The third-order valence-electron chi connectivity index (χ3n) is 4.21. The monoisotopic (exact) mass is 407 g/mol. The average Bonchev–Trinajstić information content (AvgIpc) is 3.32. The van der Waals surface area contributed by atoms with E-state index in [0.29, 0.717) is 28.1 Å². The minimum atomic E-state index is -0.121. The SMILES string of the molecule is O=C1/C(=C/c2ccccc2OCc2ccccc2)SC(=S)N1Cc1ccco1. The highest BCUT2D eigenvalue weighted by atomic mass is 32.2. The van der Waals surface area contributed by atoms with Crippen LogP contribution in [-0.2, 0) is 17.9 Å². The van der Waals surface area contributed by atoms with Crippen molar-refractivity contribution < 1.29 is 13.9 Å². The first-order valence-electron chi connectivity index (χ1n) is 8.74. The summed E-state index contributed by atoms with van der Waals surface area (Å²) in [5.74, 6) is 1.30. The molecule has 0 unspecified atom stereocenters. The van der Waals surface area contributed by atoms with Gasteiger partial charge in [-0.2, -0.15) is 0 Å². The van der Waals surface area contributed by atoms with Crippen LogP contribution in [0.25, 0.3) is 6.08 Å². The molecule has 0 spiro atoms. The van der Waals surface area contributed by atoms with Crippen molar-refractivity contribution in [3.63, 3.8) is 0 Å². The Kier molecular flexibility index (Phi) is 5.60. The van der Waals surface area contributed by atoms with Gasteiger partial charge in [0.05, 0.1) is 17.7 Å². The number of thiocarbonyl (C=S) groups is 1. The van der Waals surface area contributed by atoms with E-state index in [1.807, 2.05) is 66.7 Å². The van der Waals surface area contributed by atoms with Crippen LogP contribution in [0.4, 0.5) is 0 Å². The lowest BCUT2D eigenvalue weighted by Gasteiger charge is -2.12. The van der Waals surface area contributed by atoms with E-state index in [-0.39, 0.29) is 5.91 Å². The quantitative estimate of drug-likeness (QED) is 0.412. The van der Waals surface area contributed by atoms with Gasteiger partial charge in [-0.3, -0.25) is 9.69 Å². The van der Waals surface area contributed by atoms with Gasteiger partial charge in [0.1, 0.15) is 22.4 Å². The number of amides is 1. The zero-order valence-corrected chi connectivity index (χ0v) is 16.5. The number of nitrogens with zero attached hydrogens (tertiary/aromatic N) is 1. The van der Waals surface area contributed by atoms with E-state index < -0.39 is 0 Å². The highest BCUT2D eigenvalue weighted by molar-refractivity contribution is 8.26. The Morgan fingerprint density at radius 2 is 1.82 bits per heavy atom. The zero-order chi connectivity index (χ0) is 19.3. The number of ether oxygens (including phenoxy) is 1. The molecule has 4 rings (SSSR count). The number of para-hydroxylation sites is 1. The second-order valence-electron chi connectivity index (χ2n) is 6.16. The second-order valence-corrected chi connectivity index (χ2v) is 7.84. The van der Waals surface area contributed by atoms with Crippen LogP contribution in [0.2, 0.25) is 0 Å². The van der Waals surface area contributed by atoms with E-state index in [1.54, 1.807) is 17.2 Å². The zero-order valence-electron chi connectivity index (χ0n) is 14.9. The molecule has 0 N–H and O–H groups in total. The third-order valence-corrected chi connectivity index (χ3v) is 5.59. The normalized spacial score (nSPS) is 15.4. The summed E-state index contributed by atoms with van der Waals surface area (Å²) in [5, 5.41) is 0. The molecular weight excluding hydrogens is 390 g/mol. The van der Waals surface area contributed by atoms with Gasteiger partial charge in [0.15, 0.2) is 0 Å². The van der Waals surface area contributed by atoms with Gasteiger partial charge in [0.25, 0.3) is 5.91 Å². The fourth-order valence-electron chi connectivity index (χ4n) is 2.80. The molecule has 4 nitrogen and oxygen atoms in total. The van der Waals surface area contributed by atoms with Crippen molar-refractivity contribution in [2.24, 2.45) is 0 Å². The first kappa shape index (κ1) is 18.5. The number of thioether (sulfide) groups is 1. The first-order valence-corrected chi connectivity index (χ1v) is 9.97. The number of rotatable bonds is 6. The van der Waals surface area contributed by atoms with Gasteiger partial charge in [-0.1, -0.05) is 72.5 Å². The highest BCUT2D eigenvalue weighted by Gasteiger charge is 2.32. The van der Waals surface area contributed by atoms with Crippen LogP contribution in [0.5, 0.6) is 5.75 Å². The Morgan fingerprint density at radius 1 is 1.04 bits per heavy atom. The molecule has 2 heterocycles. The van der Waals surface area contributed by atoms with E-state index in [1.165, 1.54) is 11.8 Å². The lowest BCUT2D eigenvalue weighted by molar-refractivity contribution is -0.122. The second kappa shape index (κ2) is 8.46. The molecule has 0 radical (unpaired) electrons. The molecule has 6 heteroatoms. The molecule has 1 aromatic heterocycles. The van der Waals surface area contributed by atoms with Crippen molar-refractivity contribution in [1.29, 1.82) is 0 Å². The van der Waals surface area contributed by atoms with Crippen LogP contribution in [0.3, 0.4) is 0 Å². The highest BCUT2D eigenvalue weighted by Crippen LogP contribution is 2.35. The summed E-state index contributed by atoms with van der Waals surface area (Å²) >= 11 is 6.68. The average molecular weight is 408 g/mol. The van der Waals surface area contributed by atoms with Gasteiger partial charge in [0, 0.05) is 5.56 Å². The van der Waals surface area contributed by atoms with Crippen LogP contribution in [0.1, 0.15) is 16.9 Å². The van der Waals surface area contributed by atoms with Crippen molar-refractivity contribution in [1.82, 2.24) is 4.90 Å². The molecule has 0 atom stereocenters. The standard InChI is InChI=1S/C22H17NO3S2/c24-21-20(28-22(27)23(21)14-18-10-6-12-25-18)13-17-9-4-5-11-19(17)26-15-16-7-2-1-3-8-16/h1-13H,14-15H2/b20-13-. The maximum absolute atomic E-state index is 12.8. The van der Waals surface area contributed by atoms with Crippen LogP contribution in [-0.4, -0.2) is 15.1 Å². The maximum atomic E-state index is 12.8. The van der Waals surface area contributed by atoms with Crippen LogP contribution in [0, 0.1) is 0 Å². The molecule has 1 aliphatic rings. The number of hydrogen-bond acceptors (Lipinski definition) is 5. The summed E-state index contributed by atoms with van der Waals surface area (Å²) < 4.78 is 11.8. The minimum absolute atomic E-state index is 0.121. The Labute approximate surface area is 172 Å². The molecule has 2 aromatic carbocycles. The van der Waals surface area contributed by atoms with Crippen LogP contribution >= 0.6 is 24.0 Å². The number of hydrogen-bond donors (Lipinski definition) is 0. The summed E-state index contributed by atoms with van der Waals surface area (Å²) in [6.07, 6.45) is 3.42. The Balaban J connectivity index is 1.52. The minimum Gasteiger partial charge on any atom is -0.488 e. The van der Waals surface area contributed by atoms with E-state index >= 15 is 0 Å². The summed E-state index contributed by atoms with van der Waals surface area (Å²) in [4.78, 5) is 14.9. The number of carbonyl (C=O) groups excluding carboxylic acids is 1. The van der Waals surface area contributed by atoms with Crippen molar-refractivity contribution >= 4 is 40.3 Å². The largest absolute Gasteiger partial charge is 0.488 e. The molecule has 0 saturated carbocycles. The Hall–Kier alpha value is -2.83. The molecule has 1 saturated heterocycles. The molecule has 1 fully saturated rings. The van der Waals surface area contributed by atoms with E-state index in [0.717, 1.165) is 16.9 Å². The molecule has 140 valence electrons. The topological polar surface area (TPSA) is 42.7 Å². The van der Waals surface area contributed by atoms with Gasteiger partial charge in [0.2, 0.25) is 0 Å². The number of furan rings is 1. The third kappa shape index (κ3) is 4.18. The van der Waals surface area contributed by atoms with Crippen molar-refractivity contribution in [2.45, 2.75) is 13.2 Å². The summed E-state index contributed by atoms with van der Waals surface area (Å²) in [5.41, 5.74) is 1.93. The predicted molar refractivity (Wildman–Crippen MR) is 115 cm³/mol. The number of benzene rings is 2. The van der Waals surface area contributed by atoms with Gasteiger partial charge in [-0.05, 0) is 29.8 Å². The smallest absolute Gasteiger partial charge is 0.266 e. The lowest BCUT2D eigenvalue weighted by atomic mass is 10.1. The van der Waals surface area contributed by atoms with Crippen LogP contribution in [0.15, 0.2) is 82.3 Å². The molecule has 28 heavy (non-hydrogen) atoms. The summed E-state index contributed by atoms with van der Waals surface area (Å²) in [7, 11) is 0. The Morgan fingerprint density at radius 3 is 2.61 bits per heavy atom. The predicted octanol–water partition coefficient (Wildman–Crippen LogP) is 5.26. The van der Waals surface area contributed by atoms with E-state index in [9.17, 15) is 4.79 Å². The molecule has 0 bridgehead atoms. The van der Waals surface area contributed by atoms with Gasteiger partial charge < -0.3 is 9.15 Å². The summed E-state index contributed by atoms with van der Waals surface area (Å²) in [6, 6.07) is 21.3. The van der Waals surface area contributed by atoms with Crippen LogP contribution < -0.4 is 4.74 Å². The van der Waals surface area contributed by atoms with Gasteiger partial charge in [-0.15, -0.1) is 0 Å². The van der Waals surface area contributed by atoms with Gasteiger partial charge in [-0.25, -0.2) is 0 Å². The Bertz CT molecular complexity index is 1010. The molecular formula is C22H17NO3S2. The fraction of sp³-hybridized carbons (Fsp3) is 0.0909. The van der Waals surface area contributed by atoms with Gasteiger partial charge >= 0.3 is 0 Å². The first-order chi connectivity index (χ1) is 13.7. The van der Waals surface area contributed by atoms with Crippen molar-refractivity contribution in [3.8, 4) is 5.75 Å². The molecule has 0 aliphatic carbocycles. The van der Waals surface area contributed by atoms with Crippen molar-refractivity contribution in [2.75, 3.05) is 0 Å². The molecule has 1 amide bonds.